The summed E-state index contributed by atoms with van der Waals surface area (Å²) in [5, 5.41) is 6.74. The second-order valence-electron chi connectivity index (χ2n) is 3.68. The van der Waals surface area contributed by atoms with E-state index in [4.69, 9.17) is 4.74 Å². The van der Waals surface area contributed by atoms with E-state index in [2.05, 4.69) is 15.7 Å². The molecule has 2 heterocycles. The van der Waals surface area contributed by atoms with Crippen LogP contribution in [0.4, 0.5) is 0 Å². The lowest BCUT2D eigenvalue weighted by atomic mass is 10.1. The van der Waals surface area contributed by atoms with E-state index in [0.29, 0.717) is 6.04 Å². The average Bonchev–Trinajstić information content (AvgIpc) is 2.63. The van der Waals surface area contributed by atoms with Crippen LogP contribution in [-0.2, 0) is 11.3 Å². The highest BCUT2D eigenvalue weighted by molar-refractivity contribution is 7.09. The van der Waals surface area contributed by atoms with E-state index in [0.717, 1.165) is 25.5 Å². The smallest absolute Gasteiger partial charge is 0.107 e. The van der Waals surface area contributed by atoms with Crippen molar-refractivity contribution in [2.45, 2.75) is 32.4 Å². The molecule has 1 aliphatic rings. The van der Waals surface area contributed by atoms with Crippen LogP contribution in [0.15, 0.2) is 5.38 Å². The number of hydrogen-bond acceptors (Lipinski definition) is 4. The van der Waals surface area contributed by atoms with Gasteiger partial charge in [-0.3, -0.25) is 0 Å². The molecular formula is C10H16N2OS. The van der Waals surface area contributed by atoms with Crippen molar-refractivity contribution >= 4 is 11.3 Å². The lowest BCUT2D eigenvalue weighted by Gasteiger charge is -2.22. The van der Waals surface area contributed by atoms with Gasteiger partial charge < -0.3 is 10.1 Å². The van der Waals surface area contributed by atoms with E-state index in [1.54, 1.807) is 11.3 Å². The van der Waals surface area contributed by atoms with Crippen LogP contribution in [0.5, 0.6) is 0 Å². The van der Waals surface area contributed by atoms with Crippen LogP contribution < -0.4 is 5.32 Å². The molecule has 78 valence electrons. The number of rotatable bonds is 3. The van der Waals surface area contributed by atoms with E-state index in [1.807, 2.05) is 6.92 Å². The Balaban J connectivity index is 1.76. The summed E-state index contributed by atoms with van der Waals surface area (Å²) in [7, 11) is 0. The standard InChI is InChI=1S/C10H16N2OS/c1-8-7-14-10(12-8)5-11-9-3-2-4-13-6-9/h7,9,11H,2-6H2,1H3/t9-/m0/s1. The first-order chi connectivity index (χ1) is 6.84. The Labute approximate surface area is 88.5 Å². The van der Waals surface area contributed by atoms with Gasteiger partial charge in [-0.25, -0.2) is 4.98 Å². The van der Waals surface area contributed by atoms with E-state index >= 15 is 0 Å². The van der Waals surface area contributed by atoms with Crippen LogP contribution in [0.3, 0.4) is 0 Å². The van der Waals surface area contributed by atoms with E-state index in [9.17, 15) is 0 Å². The Kier molecular flexibility index (Phi) is 3.50. The monoisotopic (exact) mass is 212 g/mol. The molecule has 1 atom stereocenters. The van der Waals surface area contributed by atoms with Crippen LogP contribution in [0, 0.1) is 6.92 Å². The second kappa shape index (κ2) is 4.87. The zero-order valence-corrected chi connectivity index (χ0v) is 9.27. The molecule has 0 aliphatic carbocycles. The number of aryl methyl sites for hydroxylation is 1. The van der Waals surface area contributed by atoms with Gasteiger partial charge in [0.05, 0.1) is 6.61 Å². The fourth-order valence-corrected chi connectivity index (χ4v) is 2.34. The summed E-state index contributed by atoms with van der Waals surface area (Å²) in [5.41, 5.74) is 1.12. The topological polar surface area (TPSA) is 34.1 Å². The minimum absolute atomic E-state index is 0.521. The molecule has 2 rings (SSSR count). The molecule has 14 heavy (non-hydrogen) atoms. The first-order valence-corrected chi connectivity index (χ1v) is 5.94. The molecule has 1 aliphatic heterocycles. The van der Waals surface area contributed by atoms with Crippen LogP contribution in [-0.4, -0.2) is 24.2 Å². The number of hydrogen-bond donors (Lipinski definition) is 1. The fraction of sp³-hybridized carbons (Fsp3) is 0.700. The molecule has 0 unspecified atom stereocenters. The third kappa shape index (κ3) is 2.77. The number of thiazole rings is 1. The molecule has 4 heteroatoms. The Bertz CT molecular complexity index is 281. The largest absolute Gasteiger partial charge is 0.380 e. The third-order valence-corrected chi connectivity index (χ3v) is 3.34. The molecular weight excluding hydrogens is 196 g/mol. The zero-order valence-electron chi connectivity index (χ0n) is 8.45. The van der Waals surface area contributed by atoms with Crippen molar-refractivity contribution in [3.63, 3.8) is 0 Å². The maximum absolute atomic E-state index is 5.40. The van der Waals surface area contributed by atoms with Crippen LogP contribution in [0.2, 0.25) is 0 Å². The molecule has 0 saturated carbocycles. The van der Waals surface area contributed by atoms with Crippen molar-refractivity contribution in [2.24, 2.45) is 0 Å². The van der Waals surface area contributed by atoms with Crippen molar-refractivity contribution in [2.75, 3.05) is 13.2 Å². The van der Waals surface area contributed by atoms with Gasteiger partial charge in [0.1, 0.15) is 5.01 Å². The van der Waals surface area contributed by atoms with Gasteiger partial charge in [-0.2, -0.15) is 0 Å². The molecule has 0 bridgehead atoms. The molecule has 1 saturated heterocycles. The molecule has 0 spiro atoms. The number of nitrogens with one attached hydrogen (secondary N) is 1. The summed E-state index contributed by atoms with van der Waals surface area (Å²) in [5.74, 6) is 0. The third-order valence-electron chi connectivity index (χ3n) is 2.37. The Morgan fingerprint density at radius 2 is 2.64 bits per heavy atom. The van der Waals surface area contributed by atoms with Gasteiger partial charge in [0.25, 0.3) is 0 Å². The first-order valence-electron chi connectivity index (χ1n) is 5.07. The number of aromatic nitrogens is 1. The summed E-state index contributed by atoms with van der Waals surface area (Å²) in [4.78, 5) is 4.41. The predicted molar refractivity (Wildman–Crippen MR) is 57.5 cm³/mol. The van der Waals surface area contributed by atoms with Crippen molar-refractivity contribution in [1.29, 1.82) is 0 Å². The minimum atomic E-state index is 0.521. The molecule has 3 nitrogen and oxygen atoms in total. The molecule has 0 amide bonds. The Morgan fingerprint density at radius 1 is 1.71 bits per heavy atom. The molecule has 0 radical (unpaired) electrons. The van der Waals surface area contributed by atoms with E-state index < -0.39 is 0 Å². The zero-order chi connectivity index (χ0) is 9.80. The predicted octanol–water partition coefficient (Wildman–Crippen LogP) is 1.72. The van der Waals surface area contributed by atoms with E-state index in [1.165, 1.54) is 17.8 Å². The molecule has 1 aromatic rings. The second-order valence-corrected chi connectivity index (χ2v) is 4.62. The van der Waals surface area contributed by atoms with Gasteiger partial charge in [0.2, 0.25) is 0 Å². The quantitative estimate of drug-likeness (QED) is 0.828. The van der Waals surface area contributed by atoms with Crippen LogP contribution in [0.1, 0.15) is 23.5 Å². The van der Waals surface area contributed by atoms with Crippen molar-refractivity contribution in [1.82, 2.24) is 10.3 Å². The van der Waals surface area contributed by atoms with E-state index in [-0.39, 0.29) is 0 Å². The normalized spacial score (nSPS) is 22.5. The van der Waals surface area contributed by atoms with Gasteiger partial charge in [-0.15, -0.1) is 11.3 Å². The van der Waals surface area contributed by atoms with Gasteiger partial charge in [0.15, 0.2) is 0 Å². The van der Waals surface area contributed by atoms with Gasteiger partial charge in [0, 0.05) is 30.3 Å². The SMILES string of the molecule is Cc1csc(CN[C@H]2CCCOC2)n1. The van der Waals surface area contributed by atoms with Crippen molar-refractivity contribution in [3.8, 4) is 0 Å². The van der Waals surface area contributed by atoms with Crippen LogP contribution >= 0.6 is 11.3 Å². The number of ether oxygens (including phenoxy) is 1. The van der Waals surface area contributed by atoms with Gasteiger partial charge in [-0.1, -0.05) is 0 Å². The highest BCUT2D eigenvalue weighted by atomic mass is 32.1. The summed E-state index contributed by atoms with van der Waals surface area (Å²) in [6.45, 7) is 4.69. The molecule has 1 aromatic heterocycles. The van der Waals surface area contributed by atoms with Crippen LogP contribution in [0.25, 0.3) is 0 Å². The maximum atomic E-state index is 5.40. The Hall–Kier alpha value is -0.450. The van der Waals surface area contributed by atoms with Crippen molar-refractivity contribution in [3.05, 3.63) is 16.1 Å². The minimum Gasteiger partial charge on any atom is -0.380 e. The van der Waals surface area contributed by atoms with Crippen molar-refractivity contribution < 1.29 is 4.74 Å². The van der Waals surface area contributed by atoms with Gasteiger partial charge in [-0.05, 0) is 19.8 Å². The first kappa shape index (κ1) is 10.1. The molecule has 0 aromatic carbocycles. The summed E-state index contributed by atoms with van der Waals surface area (Å²) in [6, 6.07) is 0.521. The lowest BCUT2D eigenvalue weighted by molar-refractivity contribution is 0.0699. The Morgan fingerprint density at radius 3 is 3.29 bits per heavy atom. The number of nitrogens with zero attached hydrogens (tertiary/aromatic N) is 1. The molecule has 1 fully saturated rings. The molecule has 1 N–H and O–H groups in total. The summed E-state index contributed by atoms with van der Waals surface area (Å²) < 4.78 is 5.40. The highest BCUT2D eigenvalue weighted by Crippen LogP contribution is 2.10. The average molecular weight is 212 g/mol. The summed E-state index contributed by atoms with van der Waals surface area (Å²) in [6.07, 6.45) is 2.40. The summed E-state index contributed by atoms with van der Waals surface area (Å²) >= 11 is 1.72. The highest BCUT2D eigenvalue weighted by Gasteiger charge is 2.13. The lowest BCUT2D eigenvalue weighted by Crippen LogP contribution is -2.36. The maximum Gasteiger partial charge on any atom is 0.107 e. The van der Waals surface area contributed by atoms with Gasteiger partial charge >= 0.3 is 0 Å². The fourth-order valence-electron chi connectivity index (χ4n) is 1.62.